The maximum Gasteiger partial charge on any atom is 0.327 e. The first-order valence-corrected chi connectivity index (χ1v) is 10.4. The molecule has 3 rings (SSSR count). The largest absolute Gasteiger partial charge is 0.478 e. The van der Waals surface area contributed by atoms with Crippen molar-refractivity contribution < 1.29 is 18.7 Å². The fraction of sp³-hybridized carbons (Fsp3) is 0.609. The molecule has 1 aromatic rings. The smallest absolute Gasteiger partial charge is 0.327 e. The number of halogens is 2. The highest BCUT2D eigenvalue weighted by Gasteiger charge is 2.31. The third-order valence-corrected chi connectivity index (χ3v) is 6.75. The van der Waals surface area contributed by atoms with Crippen LogP contribution in [-0.2, 0) is 4.79 Å². The Balaban J connectivity index is 1.40. The molecule has 2 aliphatic rings. The van der Waals surface area contributed by atoms with Crippen molar-refractivity contribution in [3.8, 4) is 0 Å². The van der Waals surface area contributed by atoms with Crippen LogP contribution in [0.4, 0.5) is 8.78 Å². The van der Waals surface area contributed by atoms with Gasteiger partial charge in [0.05, 0.1) is 0 Å². The van der Waals surface area contributed by atoms with Crippen LogP contribution in [-0.4, -0.2) is 11.1 Å². The maximum atomic E-state index is 13.5. The van der Waals surface area contributed by atoms with Crippen LogP contribution in [0.2, 0.25) is 0 Å². The Morgan fingerprint density at radius 3 is 2.19 bits per heavy atom. The minimum absolute atomic E-state index is 0.369. The first kappa shape index (κ1) is 20.0. The lowest BCUT2D eigenvalue weighted by Crippen LogP contribution is -2.25. The molecule has 2 fully saturated rings. The van der Waals surface area contributed by atoms with Crippen molar-refractivity contribution in [3.63, 3.8) is 0 Å². The third kappa shape index (κ3) is 5.63. The monoisotopic (exact) mass is 376 g/mol. The molecule has 0 atom stereocenters. The zero-order valence-electron chi connectivity index (χ0n) is 15.9. The lowest BCUT2D eigenvalue weighted by atomic mass is 9.68. The molecule has 0 unspecified atom stereocenters. The Hall–Kier alpha value is -1.71. The van der Waals surface area contributed by atoms with Crippen molar-refractivity contribution in [1.29, 1.82) is 0 Å². The normalized spacial score (nSPS) is 29.1. The fourth-order valence-corrected chi connectivity index (χ4v) is 5.15. The van der Waals surface area contributed by atoms with Crippen molar-refractivity contribution in [3.05, 3.63) is 47.5 Å². The topological polar surface area (TPSA) is 37.3 Å². The molecule has 2 aliphatic carbocycles. The number of aliphatic carboxylic acids is 1. The van der Waals surface area contributed by atoms with Crippen LogP contribution in [0.25, 0.3) is 0 Å². The average molecular weight is 376 g/mol. The molecule has 1 aromatic carbocycles. The molecule has 1 N–H and O–H groups in total. The summed E-state index contributed by atoms with van der Waals surface area (Å²) in [5.74, 6) is 0.333. The van der Waals surface area contributed by atoms with Crippen molar-refractivity contribution in [2.24, 2.45) is 17.8 Å². The van der Waals surface area contributed by atoms with Gasteiger partial charge in [0.25, 0.3) is 0 Å². The van der Waals surface area contributed by atoms with E-state index in [4.69, 9.17) is 5.11 Å². The van der Waals surface area contributed by atoms with E-state index in [1.54, 1.807) is 12.1 Å². The summed E-state index contributed by atoms with van der Waals surface area (Å²) in [6.07, 6.45) is 14.6. The number of carbonyl (C=O) groups is 1. The van der Waals surface area contributed by atoms with E-state index in [-0.39, 0.29) is 0 Å². The van der Waals surface area contributed by atoms with Gasteiger partial charge < -0.3 is 5.11 Å². The van der Waals surface area contributed by atoms with Gasteiger partial charge in [-0.1, -0.05) is 25.0 Å². The number of hydrogen-bond acceptors (Lipinski definition) is 1. The zero-order chi connectivity index (χ0) is 19.2. The van der Waals surface area contributed by atoms with Gasteiger partial charge in [-0.3, -0.25) is 0 Å². The summed E-state index contributed by atoms with van der Waals surface area (Å²) < 4.78 is 26.6. The van der Waals surface area contributed by atoms with Crippen molar-refractivity contribution in [1.82, 2.24) is 0 Å². The molecule has 2 nitrogen and oxygen atoms in total. The lowest BCUT2D eigenvalue weighted by molar-refractivity contribution is -0.131. The number of benzene rings is 1. The van der Waals surface area contributed by atoms with Crippen LogP contribution in [0.5, 0.6) is 0 Å². The predicted molar refractivity (Wildman–Crippen MR) is 103 cm³/mol. The molecule has 27 heavy (non-hydrogen) atoms. The van der Waals surface area contributed by atoms with Gasteiger partial charge in [-0.2, -0.15) is 0 Å². The number of carboxylic acids is 1. The predicted octanol–water partition coefficient (Wildman–Crippen LogP) is 6.47. The van der Waals surface area contributed by atoms with E-state index in [1.165, 1.54) is 56.7 Å². The summed E-state index contributed by atoms with van der Waals surface area (Å²) >= 11 is 0. The van der Waals surface area contributed by atoms with E-state index in [0.717, 1.165) is 49.0 Å². The SMILES string of the molecule is O=C(O)/C=C/CCC1CCC(C2CCC(c3ccc(F)c(F)c3)CC2)CC1. The molecule has 0 amide bonds. The van der Waals surface area contributed by atoms with Crippen LogP contribution in [0, 0.1) is 29.4 Å². The summed E-state index contributed by atoms with van der Waals surface area (Å²) in [4.78, 5) is 10.5. The molecule has 0 heterocycles. The van der Waals surface area contributed by atoms with Gasteiger partial charge in [0.2, 0.25) is 0 Å². The van der Waals surface area contributed by atoms with Crippen molar-refractivity contribution >= 4 is 5.97 Å². The Labute approximate surface area is 160 Å². The minimum Gasteiger partial charge on any atom is -0.478 e. The summed E-state index contributed by atoms with van der Waals surface area (Å²) in [6, 6.07) is 4.38. The first-order chi connectivity index (χ1) is 13.0. The standard InChI is InChI=1S/C23H30F2O2/c24-21-14-13-20(15-22(21)25)19-11-9-18(10-12-19)17-7-5-16(6-8-17)3-1-2-4-23(26)27/h2,4,13-19H,1,3,5-12H2,(H,26,27)/b4-2+. The molecule has 0 spiro atoms. The van der Waals surface area contributed by atoms with Crippen LogP contribution in [0.3, 0.4) is 0 Å². The third-order valence-electron chi connectivity index (χ3n) is 6.75. The van der Waals surface area contributed by atoms with Crippen molar-refractivity contribution in [2.45, 2.75) is 70.1 Å². The number of rotatable bonds is 6. The van der Waals surface area contributed by atoms with Crippen LogP contribution in [0.1, 0.15) is 75.7 Å². The highest BCUT2D eigenvalue weighted by atomic mass is 19.2. The molecule has 148 valence electrons. The van der Waals surface area contributed by atoms with E-state index in [1.807, 2.05) is 0 Å². The maximum absolute atomic E-state index is 13.5. The average Bonchev–Trinajstić information content (AvgIpc) is 2.68. The number of carboxylic acid groups (broad SMARTS) is 1. The molecule has 0 radical (unpaired) electrons. The van der Waals surface area contributed by atoms with Crippen LogP contribution >= 0.6 is 0 Å². The highest BCUT2D eigenvalue weighted by Crippen LogP contribution is 2.44. The summed E-state index contributed by atoms with van der Waals surface area (Å²) in [7, 11) is 0. The van der Waals surface area contributed by atoms with Gasteiger partial charge in [0, 0.05) is 6.08 Å². The molecule has 0 saturated heterocycles. The quantitative estimate of drug-likeness (QED) is 0.578. The second kappa shape index (κ2) is 9.48. The van der Waals surface area contributed by atoms with E-state index in [0.29, 0.717) is 5.92 Å². The lowest BCUT2D eigenvalue weighted by Gasteiger charge is -2.38. The second-order valence-electron chi connectivity index (χ2n) is 8.38. The van der Waals surface area contributed by atoms with Gasteiger partial charge in [-0.25, -0.2) is 13.6 Å². The summed E-state index contributed by atoms with van der Waals surface area (Å²) in [5.41, 5.74) is 0.950. The Morgan fingerprint density at radius 2 is 1.59 bits per heavy atom. The molecular weight excluding hydrogens is 346 g/mol. The summed E-state index contributed by atoms with van der Waals surface area (Å²) in [6.45, 7) is 0. The molecule has 0 bridgehead atoms. The molecular formula is C23H30F2O2. The van der Waals surface area contributed by atoms with E-state index >= 15 is 0 Å². The number of hydrogen-bond donors (Lipinski definition) is 1. The molecule has 2 saturated carbocycles. The Morgan fingerprint density at radius 1 is 0.963 bits per heavy atom. The summed E-state index contributed by atoms with van der Waals surface area (Å²) in [5, 5.41) is 8.62. The Bertz CT molecular complexity index is 654. The highest BCUT2D eigenvalue weighted by molar-refractivity contribution is 5.79. The first-order valence-electron chi connectivity index (χ1n) is 10.4. The number of allylic oxidation sites excluding steroid dienone is 1. The van der Waals surface area contributed by atoms with E-state index in [2.05, 4.69) is 0 Å². The zero-order valence-corrected chi connectivity index (χ0v) is 15.9. The van der Waals surface area contributed by atoms with Gasteiger partial charge >= 0.3 is 5.97 Å². The fourth-order valence-electron chi connectivity index (χ4n) is 5.15. The van der Waals surface area contributed by atoms with Crippen molar-refractivity contribution in [2.75, 3.05) is 0 Å². The van der Waals surface area contributed by atoms with E-state index in [9.17, 15) is 13.6 Å². The van der Waals surface area contributed by atoms with Crippen LogP contribution in [0.15, 0.2) is 30.4 Å². The molecule has 0 aliphatic heterocycles. The van der Waals surface area contributed by atoms with Gasteiger partial charge in [0.1, 0.15) is 0 Å². The molecule has 0 aromatic heterocycles. The molecule has 4 heteroatoms. The van der Waals surface area contributed by atoms with E-state index < -0.39 is 17.6 Å². The second-order valence-corrected chi connectivity index (χ2v) is 8.38. The van der Waals surface area contributed by atoms with Gasteiger partial charge in [0.15, 0.2) is 11.6 Å². The van der Waals surface area contributed by atoms with Gasteiger partial charge in [-0.15, -0.1) is 0 Å². The van der Waals surface area contributed by atoms with Gasteiger partial charge in [-0.05, 0) is 92.7 Å². The Kier molecular flexibility index (Phi) is 7.03. The minimum atomic E-state index is -0.863. The van der Waals surface area contributed by atoms with Crippen LogP contribution < -0.4 is 0 Å².